The molecule has 0 aliphatic heterocycles. The van der Waals surface area contributed by atoms with E-state index in [1.807, 2.05) is 0 Å². The number of nitrogens with one attached hydrogen (secondary N) is 1. The van der Waals surface area contributed by atoms with Gasteiger partial charge in [-0.1, -0.05) is 25.3 Å². The molecule has 0 aromatic heterocycles. The van der Waals surface area contributed by atoms with Gasteiger partial charge in [-0.2, -0.15) is 0 Å². The molecule has 0 radical (unpaired) electrons. The van der Waals surface area contributed by atoms with Gasteiger partial charge in [-0.05, 0) is 43.0 Å². The van der Waals surface area contributed by atoms with Crippen molar-refractivity contribution in [3.8, 4) is 0 Å². The van der Waals surface area contributed by atoms with E-state index in [0.717, 1.165) is 25.7 Å². The van der Waals surface area contributed by atoms with Gasteiger partial charge in [0.25, 0.3) is 0 Å². The van der Waals surface area contributed by atoms with E-state index in [-0.39, 0.29) is 23.7 Å². The number of nitrogens with two attached hydrogens (primary N) is 2. The Bertz CT molecular complexity index is 528. The molecule has 1 saturated carbocycles. The van der Waals surface area contributed by atoms with Crippen LogP contribution in [0.3, 0.4) is 0 Å². The third kappa shape index (κ3) is 4.71. The summed E-state index contributed by atoms with van der Waals surface area (Å²) in [6.45, 7) is 0.543. The van der Waals surface area contributed by atoms with Crippen LogP contribution in [0.5, 0.6) is 0 Å². The molecule has 1 aliphatic rings. The lowest BCUT2D eigenvalue weighted by Crippen LogP contribution is -2.36. The predicted molar refractivity (Wildman–Crippen MR) is 90.0 cm³/mol. The number of carbonyl (C=O) groups excluding carboxylic acids is 2. The van der Waals surface area contributed by atoms with Crippen LogP contribution in [0.15, 0.2) is 24.3 Å². The van der Waals surface area contributed by atoms with Crippen LogP contribution in [0.4, 0.5) is 5.69 Å². The Hall–Kier alpha value is -1.59. The number of benzene rings is 1. The minimum atomic E-state index is -0.503. The minimum absolute atomic E-state index is 0. The molecule has 0 atom stereocenters. The zero-order valence-electron chi connectivity index (χ0n) is 12.6. The Morgan fingerprint density at radius 2 is 1.86 bits per heavy atom. The molecular weight excluding hydrogens is 302 g/mol. The summed E-state index contributed by atoms with van der Waals surface area (Å²) in [7, 11) is 0. The second kappa shape index (κ2) is 8.15. The van der Waals surface area contributed by atoms with Gasteiger partial charge in [-0.3, -0.25) is 9.59 Å². The highest BCUT2D eigenvalue weighted by molar-refractivity contribution is 5.96. The second-order valence-electron chi connectivity index (χ2n) is 5.93. The van der Waals surface area contributed by atoms with Crippen molar-refractivity contribution in [2.24, 2.45) is 16.9 Å². The zero-order chi connectivity index (χ0) is 15.3. The average molecular weight is 326 g/mol. The number of halogens is 1. The van der Waals surface area contributed by atoms with E-state index >= 15 is 0 Å². The summed E-state index contributed by atoms with van der Waals surface area (Å²) >= 11 is 0. The normalized spacial score (nSPS) is 16.4. The fourth-order valence-corrected chi connectivity index (χ4v) is 3.05. The molecule has 2 rings (SSSR count). The summed E-state index contributed by atoms with van der Waals surface area (Å²) in [5.41, 5.74) is 12.1. The van der Waals surface area contributed by atoms with Gasteiger partial charge in [0, 0.05) is 17.7 Å². The van der Waals surface area contributed by atoms with Crippen molar-refractivity contribution in [2.45, 2.75) is 38.5 Å². The number of anilines is 1. The first-order chi connectivity index (χ1) is 10.0. The highest BCUT2D eigenvalue weighted by Crippen LogP contribution is 2.38. The van der Waals surface area contributed by atoms with E-state index in [4.69, 9.17) is 11.5 Å². The molecule has 22 heavy (non-hydrogen) atoms. The Morgan fingerprint density at radius 1 is 1.18 bits per heavy atom. The van der Waals surface area contributed by atoms with Crippen molar-refractivity contribution in [2.75, 3.05) is 11.9 Å². The maximum atomic E-state index is 12.2. The van der Waals surface area contributed by atoms with Crippen molar-refractivity contribution in [3.63, 3.8) is 0 Å². The predicted octanol–water partition coefficient (Wildman–Crippen LogP) is 2.45. The van der Waals surface area contributed by atoms with Crippen LogP contribution in [-0.4, -0.2) is 18.4 Å². The highest BCUT2D eigenvalue weighted by Gasteiger charge is 2.32. The molecule has 0 heterocycles. The lowest BCUT2D eigenvalue weighted by atomic mass is 9.71. The Balaban J connectivity index is 0.00000242. The highest BCUT2D eigenvalue weighted by atomic mass is 35.5. The standard InChI is InChI=1S/C16H23N3O2.ClH/c17-11-16(7-2-1-3-8-16)10-14(20)19-13-6-4-5-12(9-13)15(18)21;/h4-6,9H,1-3,7-8,10-11,17H2,(H2,18,21)(H,19,20);1H. The van der Waals surface area contributed by atoms with Gasteiger partial charge in [-0.15, -0.1) is 12.4 Å². The van der Waals surface area contributed by atoms with E-state index in [0.29, 0.717) is 24.2 Å². The van der Waals surface area contributed by atoms with Crippen LogP contribution in [0, 0.1) is 5.41 Å². The van der Waals surface area contributed by atoms with Gasteiger partial charge in [0.1, 0.15) is 0 Å². The largest absolute Gasteiger partial charge is 0.366 e. The fraction of sp³-hybridized carbons (Fsp3) is 0.500. The van der Waals surface area contributed by atoms with E-state index in [1.54, 1.807) is 24.3 Å². The third-order valence-electron chi connectivity index (χ3n) is 4.31. The number of hydrogen-bond acceptors (Lipinski definition) is 3. The Labute approximate surface area is 137 Å². The molecule has 0 saturated heterocycles. The van der Waals surface area contributed by atoms with Gasteiger partial charge < -0.3 is 16.8 Å². The third-order valence-corrected chi connectivity index (χ3v) is 4.31. The van der Waals surface area contributed by atoms with Crippen LogP contribution in [0.2, 0.25) is 0 Å². The van der Waals surface area contributed by atoms with Crippen molar-refractivity contribution in [1.29, 1.82) is 0 Å². The summed E-state index contributed by atoms with van der Waals surface area (Å²) in [6, 6.07) is 6.67. The first-order valence-electron chi connectivity index (χ1n) is 7.44. The molecule has 0 bridgehead atoms. The van der Waals surface area contributed by atoms with E-state index in [2.05, 4.69) is 5.32 Å². The average Bonchev–Trinajstić information content (AvgIpc) is 2.48. The topological polar surface area (TPSA) is 98.2 Å². The van der Waals surface area contributed by atoms with Crippen LogP contribution in [0.25, 0.3) is 0 Å². The molecule has 5 N–H and O–H groups in total. The van der Waals surface area contributed by atoms with Gasteiger partial charge >= 0.3 is 0 Å². The van der Waals surface area contributed by atoms with Gasteiger partial charge in [0.15, 0.2) is 0 Å². The molecule has 1 aromatic rings. The number of primary amides is 1. The van der Waals surface area contributed by atoms with E-state index in [9.17, 15) is 9.59 Å². The molecule has 1 aliphatic carbocycles. The summed E-state index contributed by atoms with van der Waals surface area (Å²) in [4.78, 5) is 23.4. The van der Waals surface area contributed by atoms with Gasteiger partial charge in [-0.25, -0.2) is 0 Å². The lowest BCUT2D eigenvalue weighted by molar-refractivity contribution is -0.118. The zero-order valence-corrected chi connectivity index (χ0v) is 13.5. The molecular formula is C16H24ClN3O2. The number of carbonyl (C=O) groups is 2. The molecule has 0 unspecified atom stereocenters. The molecule has 122 valence electrons. The van der Waals surface area contributed by atoms with Crippen LogP contribution in [-0.2, 0) is 4.79 Å². The summed E-state index contributed by atoms with van der Waals surface area (Å²) in [6.07, 6.45) is 5.97. The first-order valence-corrected chi connectivity index (χ1v) is 7.44. The number of hydrogen-bond donors (Lipinski definition) is 3. The van der Waals surface area contributed by atoms with E-state index in [1.165, 1.54) is 6.42 Å². The van der Waals surface area contributed by atoms with Gasteiger partial charge in [0.2, 0.25) is 11.8 Å². The molecule has 1 fully saturated rings. The SMILES string of the molecule is Cl.NCC1(CC(=O)Nc2cccc(C(N)=O)c2)CCCCC1. The van der Waals surface area contributed by atoms with Crippen molar-refractivity contribution < 1.29 is 9.59 Å². The van der Waals surface area contributed by atoms with Crippen LogP contribution >= 0.6 is 12.4 Å². The summed E-state index contributed by atoms with van der Waals surface area (Å²) in [5.74, 6) is -0.555. The quantitative estimate of drug-likeness (QED) is 0.775. The summed E-state index contributed by atoms with van der Waals surface area (Å²) in [5, 5.41) is 2.84. The van der Waals surface area contributed by atoms with E-state index < -0.39 is 5.91 Å². The second-order valence-corrected chi connectivity index (χ2v) is 5.93. The monoisotopic (exact) mass is 325 g/mol. The van der Waals surface area contributed by atoms with Crippen molar-refractivity contribution in [1.82, 2.24) is 0 Å². The van der Waals surface area contributed by atoms with Crippen molar-refractivity contribution in [3.05, 3.63) is 29.8 Å². The van der Waals surface area contributed by atoms with Crippen LogP contribution in [0.1, 0.15) is 48.9 Å². The molecule has 6 heteroatoms. The molecule has 0 spiro atoms. The Morgan fingerprint density at radius 3 is 2.45 bits per heavy atom. The van der Waals surface area contributed by atoms with Gasteiger partial charge in [0.05, 0.1) is 0 Å². The Kier molecular flexibility index (Phi) is 6.84. The maximum Gasteiger partial charge on any atom is 0.248 e. The molecule has 2 amide bonds. The maximum absolute atomic E-state index is 12.2. The van der Waals surface area contributed by atoms with Crippen LogP contribution < -0.4 is 16.8 Å². The summed E-state index contributed by atoms with van der Waals surface area (Å²) < 4.78 is 0. The smallest absolute Gasteiger partial charge is 0.248 e. The number of rotatable bonds is 5. The minimum Gasteiger partial charge on any atom is -0.366 e. The lowest BCUT2D eigenvalue weighted by Gasteiger charge is -2.35. The first kappa shape index (κ1) is 18.5. The molecule has 1 aromatic carbocycles. The molecule has 5 nitrogen and oxygen atoms in total. The fourth-order valence-electron chi connectivity index (χ4n) is 3.05. The van der Waals surface area contributed by atoms with Crippen molar-refractivity contribution >= 4 is 29.9 Å². The number of amides is 2.